The van der Waals surface area contributed by atoms with Crippen molar-refractivity contribution in [2.45, 2.75) is 26.8 Å². The molecule has 2 aromatic carbocycles. The van der Waals surface area contributed by atoms with E-state index in [-0.39, 0.29) is 0 Å². The van der Waals surface area contributed by atoms with Gasteiger partial charge in [0.15, 0.2) is 6.20 Å². The Morgan fingerprint density at radius 3 is 2.56 bits per heavy atom. The summed E-state index contributed by atoms with van der Waals surface area (Å²) in [6.07, 6.45) is 7.85. The van der Waals surface area contributed by atoms with E-state index in [2.05, 4.69) is 96.1 Å². The molecule has 0 saturated carbocycles. The predicted molar refractivity (Wildman–Crippen MR) is 105 cm³/mol. The summed E-state index contributed by atoms with van der Waals surface area (Å²) in [6, 6.07) is 19.7. The summed E-state index contributed by atoms with van der Waals surface area (Å²) in [5.41, 5.74) is 6.64. The van der Waals surface area contributed by atoms with Crippen LogP contribution < -0.4 is 4.57 Å². The normalized spacial score (nSPS) is 15.3. The Morgan fingerprint density at radius 1 is 0.920 bits per heavy atom. The molecule has 1 aliphatic rings. The zero-order valence-corrected chi connectivity index (χ0v) is 14.9. The molecular weight excluding hydrogens is 304 g/mol. The maximum atomic E-state index is 2.37. The average Bonchev–Trinajstić information content (AvgIpc) is 2.68. The number of nitrogens with zero attached hydrogens (tertiary/aromatic N) is 2. The molecule has 2 heterocycles. The number of aryl methyl sites for hydroxylation is 1. The van der Waals surface area contributed by atoms with E-state index in [9.17, 15) is 0 Å². The minimum Gasteiger partial charge on any atom is -0.202 e. The molecule has 124 valence electrons. The summed E-state index contributed by atoms with van der Waals surface area (Å²) in [6.45, 7) is 6.39. The highest BCUT2D eigenvalue weighted by molar-refractivity contribution is 5.97. The van der Waals surface area contributed by atoms with Gasteiger partial charge in [-0.15, -0.1) is 0 Å². The number of pyridine rings is 1. The molecule has 0 atom stereocenters. The quantitative estimate of drug-likeness (QED) is 0.608. The van der Waals surface area contributed by atoms with Crippen molar-refractivity contribution in [2.24, 2.45) is 0 Å². The van der Waals surface area contributed by atoms with Gasteiger partial charge in [0.25, 0.3) is 0 Å². The standard InChI is InChI=1S/C23H24N2/c1-3-24-15-13-18(20-9-5-7-11-22(20)24)17-19-14-16-25(4-2)23-12-8-6-10-21(19)23/h5-13,15-17H,3-4,14H2,1-2H3/q+2/b19-17+. The van der Waals surface area contributed by atoms with E-state index in [1.54, 1.807) is 0 Å². The molecule has 0 N–H and O–H groups in total. The third-order valence-corrected chi connectivity index (χ3v) is 5.06. The third-order valence-electron chi connectivity index (χ3n) is 5.06. The Hall–Kier alpha value is -2.74. The summed E-state index contributed by atoms with van der Waals surface area (Å²) in [7, 11) is 0. The van der Waals surface area contributed by atoms with Crippen LogP contribution in [0.2, 0.25) is 0 Å². The Morgan fingerprint density at radius 2 is 1.72 bits per heavy atom. The molecule has 0 bridgehead atoms. The fourth-order valence-corrected chi connectivity index (χ4v) is 3.75. The number of hydrogen-bond acceptors (Lipinski definition) is 0. The fraction of sp³-hybridized carbons (Fsp3) is 0.217. The van der Waals surface area contributed by atoms with Crippen molar-refractivity contribution >= 4 is 34.5 Å². The number of hydrogen-bond donors (Lipinski definition) is 0. The smallest absolute Gasteiger partial charge is 0.202 e. The van der Waals surface area contributed by atoms with Crippen molar-refractivity contribution in [3.8, 4) is 0 Å². The molecule has 0 unspecified atom stereocenters. The van der Waals surface area contributed by atoms with Crippen LogP contribution in [0, 0.1) is 0 Å². The van der Waals surface area contributed by atoms with Crippen LogP contribution in [0.15, 0.2) is 60.8 Å². The lowest BCUT2D eigenvalue weighted by molar-refractivity contribution is -0.667. The number of rotatable bonds is 3. The highest BCUT2D eigenvalue weighted by atomic mass is 15.0. The highest BCUT2D eigenvalue weighted by Gasteiger charge is 2.21. The minimum absolute atomic E-state index is 0.974. The Labute approximate surface area is 149 Å². The predicted octanol–water partition coefficient (Wildman–Crippen LogP) is 4.83. The van der Waals surface area contributed by atoms with Crippen molar-refractivity contribution in [3.63, 3.8) is 0 Å². The van der Waals surface area contributed by atoms with Gasteiger partial charge in [0.2, 0.25) is 11.2 Å². The third kappa shape index (κ3) is 2.78. The SMILES string of the molecule is CC[N+]1=CC/C(=C\c2cc[n+](CC)c3ccccc23)c2ccccc21. The molecule has 0 spiro atoms. The first-order chi connectivity index (χ1) is 12.3. The van der Waals surface area contributed by atoms with E-state index in [0.717, 1.165) is 19.5 Å². The van der Waals surface area contributed by atoms with Gasteiger partial charge in [0.05, 0.1) is 11.8 Å². The number of allylic oxidation sites excluding steroid dienone is 1. The van der Waals surface area contributed by atoms with Gasteiger partial charge in [-0.25, -0.2) is 4.58 Å². The summed E-state index contributed by atoms with van der Waals surface area (Å²) in [5.74, 6) is 0. The Balaban J connectivity index is 1.88. The van der Waals surface area contributed by atoms with E-state index < -0.39 is 0 Å². The van der Waals surface area contributed by atoms with Gasteiger partial charge in [-0.3, -0.25) is 0 Å². The summed E-state index contributed by atoms with van der Waals surface area (Å²) in [5, 5.41) is 1.31. The molecule has 2 nitrogen and oxygen atoms in total. The van der Waals surface area contributed by atoms with E-state index in [0.29, 0.717) is 0 Å². The van der Waals surface area contributed by atoms with Crippen molar-refractivity contribution in [1.82, 2.24) is 0 Å². The van der Waals surface area contributed by atoms with Gasteiger partial charge in [-0.05, 0) is 43.2 Å². The fourth-order valence-electron chi connectivity index (χ4n) is 3.75. The molecule has 25 heavy (non-hydrogen) atoms. The number of benzene rings is 2. The first kappa shape index (κ1) is 15.8. The molecule has 2 heteroatoms. The molecule has 1 aliphatic heterocycles. The molecule has 1 aromatic heterocycles. The number of para-hydroxylation sites is 2. The van der Waals surface area contributed by atoms with E-state index in [1.165, 1.54) is 33.3 Å². The van der Waals surface area contributed by atoms with Gasteiger partial charge in [0, 0.05) is 23.8 Å². The van der Waals surface area contributed by atoms with Crippen LogP contribution in [0.4, 0.5) is 5.69 Å². The second kappa shape index (κ2) is 6.64. The highest BCUT2D eigenvalue weighted by Crippen LogP contribution is 2.33. The van der Waals surface area contributed by atoms with Crippen LogP contribution in [0.25, 0.3) is 22.6 Å². The topological polar surface area (TPSA) is 6.89 Å². The van der Waals surface area contributed by atoms with Gasteiger partial charge < -0.3 is 0 Å². The zero-order valence-electron chi connectivity index (χ0n) is 14.9. The molecule has 0 saturated heterocycles. The van der Waals surface area contributed by atoms with Crippen LogP contribution >= 0.6 is 0 Å². The van der Waals surface area contributed by atoms with E-state index >= 15 is 0 Å². The molecule has 0 amide bonds. The monoisotopic (exact) mass is 328 g/mol. The lowest BCUT2D eigenvalue weighted by atomic mass is 9.95. The first-order valence-corrected chi connectivity index (χ1v) is 9.13. The molecule has 0 fully saturated rings. The zero-order chi connectivity index (χ0) is 17.2. The second-order valence-corrected chi connectivity index (χ2v) is 6.43. The summed E-state index contributed by atoms with van der Waals surface area (Å²) >= 11 is 0. The molecule has 3 aromatic rings. The maximum Gasteiger partial charge on any atom is 0.213 e. The molecular formula is C23H24N2+2. The largest absolute Gasteiger partial charge is 0.213 e. The molecule has 0 aliphatic carbocycles. The van der Waals surface area contributed by atoms with Crippen LogP contribution in [0.1, 0.15) is 31.4 Å². The van der Waals surface area contributed by atoms with Gasteiger partial charge in [-0.1, -0.05) is 24.3 Å². The van der Waals surface area contributed by atoms with Gasteiger partial charge in [-0.2, -0.15) is 4.57 Å². The summed E-state index contributed by atoms with van der Waals surface area (Å²) < 4.78 is 4.65. The molecule has 4 rings (SSSR count). The van der Waals surface area contributed by atoms with Crippen molar-refractivity contribution in [2.75, 3.05) is 6.54 Å². The maximum absolute atomic E-state index is 2.37. The van der Waals surface area contributed by atoms with Gasteiger partial charge >= 0.3 is 0 Å². The van der Waals surface area contributed by atoms with Crippen LogP contribution in [0.3, 0.4) is 0 Å². The minimum atomic E-state index is 0.974. The lowest BCUT2D eigenvalue weighted by Gasteiger charge is -2.14. The Kier molecular flexibility index (Phi) is 4.19. The number of fused-ring (bicyclic) bond motifs is 2. The van der Waals surface area contributed by atoms with Crippen LogP contribution in [-0.4, -0.2) is 17.3 Å². The van der Waals surface area contributed by atoms with Crippen LogP contribution in [-0.2, 0) is 6.54 Å². The summed E-state index contributed by atoms with van der Waals surface area (Å²) in [4.78, 5) is 0. The Bertz CT molecular complexity index is 996. The van der Waals surface area contributed by atoms with Crippen molar-refractivity contribution in [3.05, 3.63) is 71.9 Å². The van der Waals surface area contributed by atoms with Gasteiger partial charge in [0.1, 0.15) is 19.3 Å². The number of aromatic nitrogens is 1. The average molecular weight is 328 g/mol. The molecule has 0 radical (unpaired) electrons. The van der Waals surface area contributed by atoms with Crippen molar-refractivity contribution in [1.29, 1.82) is 0 Å². The van der Waals surface area contributed by atoms with E-state index in [1.807, 2.05) is 0 Å². The van der Waals surface area contributed by atoms with Crippen molar-refractivity contribution < 1.29 is 9.14 Å². The first-order valence-electron chi connectivity index (χ1n) is 9.13. The lowest BCUT2D eigenvalue weighted by Crippen LogP contribution is -2.32. The second-order valence-electron chi connectivity index (χ2n) is 6.43. The van der Waals surface area contributed by atoms with E-state index in [4.69, 9.17) is 0 Å². The van der Waals surface area contributed by atoms with Crippen LogP contribution in [0.5, 0.6) is 0 Å².